The minimum atomic E-state index is 0.00142. The number of halogens is 1. The van der Waals surface area contributed by atoms with Gasteiger partial charge in [-0.2, -0.15) is 0 Å². The van der Waals surface area contributed by atoms with Crippen LogP contribution in [-0.2, 0) is 0 Å². The van der Waals surface area contributed by atoms with Crippen molar-refractivity contribution < 1.29 is 14.3 Å². The summed E-state index contributed by atoms with van der Waals surface area (Å²) in [6.45, 7) is 0.746. The van der Waals surface area contributed by atoms with Crippen molar-refractivity contribution in [2.75, 3.05) is 20.8 Å². The maximum absolute atomic E-state index is 13.0. The van der Waals surface area contributed by atoms with Gasteiger partial charge in [0.25, 0.3) is 5.91 Å². The van der Waals surface area contributed by atoms with Gasteiger partial charge in [0.15, 0.2) is 0 Å². The monoisotopic (exact) mass is 389 g/mol. The summed E-state index contributed by atoms with van der Waals surface area (Å²) in [5.74, 6) is 1.60. The van der Waals surface area contributed by atoms with E-state index in [0.29, 0.717) is 5.56 Å². The zero-order chi connectivity index (χ0) is 17.1. The van der Waals surface area contributed by atoms with Crippen molar-refractivity contribution >= 4 is 21.8 Å². The summed E-state index contributed by atoms with van der Waals surface area (Å²) in [5.41, 5.74) is 1.69. The molecule has 2 aromatic rings. The lowest BCUT2D eigenvalue weighted by Gasteiger charge is -2.27. The Bertz CT molecular complexity index is 747. The average Bonchev–Trinajstić information content (AvgIpc) is 3.10. The van der Waals surface area contributed by atoms with Crippen LogP contribution in [0.25, 0.3) is 0 Å². The molecule has 0 aromatic heterocycles. The highest BCUT2D eigenvalue weighted by Crippen LogP contribution is 2.39. The molecule has 0 aliphatic carbocycles. The molecule has 4 nitrogen and oxygen atoms in total. The lowest BCUT2D eigenvalue weighted by molar-refractivity contribution is 0.0734. The number of nitrogens with zero attached hydrogens (tertiary/aromatic N) is 1. The molecule has 0 unspecified atom stereocenters. The van der Waals surface area contributed by atoms with Crippen molar-refractivity contribution in [1.82, 2.24) is 4.90 Å². The van der Waals surface area contributed by atoms with E-state index in [-0.39, 0.29) is 11.9 Å². The van der Waals surface area contributed by atoms with Crippen molar-refractivity contribution in [1.29, 1.82) is 0 Å². The number of rotatable bonds is 4. The van der Waals surface area contributed by atoms with Crippen molar-refractivity contribution in [3.05, 3.63) is 58.1 Å². The van der Waals surface area contributed by atoms with Crippen LogP contribution < -0.4 is 9.47 Å². The second kappa shape index (κ2) is 7.26. The van der Waals surface area contributed by atoms with Crippen molar-refractivity contribution in [2.45, 2.75) is 18.9 Å². The largest absolute Gasteiger partial charge is 0.497 e. The summed E-state index contributed by atoms with van der Waals surface area (Å²) in [4.78, 5) is 14.9. The molecule has 3 rings (SSSR count). The fraction of sp³-hybridized carbons (Fsp3) is 0.316. The minimum absolute atomic E-state index is 0.00142. The van der Waals surface area contributed by atoms with Crippen molar-refractivity contribution in [2.24, 2.45) is 0 Å². The Morgan fingerprint density at radius 3 is 2.71 bits per heavy atom. The summed E-state index contributed by atoms with van der Waals surface area (Å²) in [5, 5.41) is 0. The van der Waals surface area contributed by atoms with Gasteiger partial charge < -0.3 is 14.4 Å². The van der Waals surface area contributed by atoms with Gasteiger partial charge in [0, 0.05) is 22.1 Å². The van der Waals surface area contributed by atoms with E-state index in [1.807, 2.05) is 47.4 Å². The first-order valence-electron chi connectivity index (χ1n) is 7.92. The van der Waals surface area contributed by atoms with Crippen LogP contribution in [0, 0.1) is 0 Å². The topological polar surface area (TPSA) is 38.8 Å². The zero-order valence-corrected chi connectivity index (χ0v) is 15.4. The fourth-order valence-corrected chi connectivity index (χ4v) is 3.62. The van der Waals surface area contributed by atoms with Crippen LogP contribution in [0.5, 0.6) is 11.5 Å². The van der Waals surface area contributed by atoms with Crippen LogP contribution >= 0.6 is 15.9 Å². The number of amides is 1. The second-order valence-electron chi connectivity index (χ2n) is 5.77. The molecule has 1 atom stereocenters. The van der Waals surface area contributed by atoms with Crippen LogP contribution in [0.15, 0.2) is 46.9 Å². The van der Waals surface area contributed by atoms with E-state index < -0.39 is 0 Å². The lowest BCUT2D eigenvalue weighted by atomic mass is 10.0. The highest BCUT2D eigenvalue weighted by molar-refractivity contribution is 9.10. The van der Waals surface area contributed by atoms with E-state index in [1.165, 1.54) is 0 Å². The summed E-state index contributed by atoms with van der Waals surface area (Å²) >= 11 is 3.43. The van der Waals surface area contributed by atoms with E-state index in [0.717, 1.165) is 40.9 Å². The van der Waals surface area contributed by atoms with E-state index in [9.17, 15) is 4.79 Å². The smallest absolute Gasteiger partial charge is 0.254 e. The molecule has 0 N–H and O–H groups in total. The number of methoxy groups -OCH3 is 2. The Labute approximate surface area is 150 Å². The summed E-state index contributed by atoms with van der Waals surface area (Å²) in [6, 6.07) is 13.3. The second-order valence-corrected chi connectivity index (χ2v) is 6.69. The molecule has 1 aliphatic heterocycles. The van der Waals surface area contributed by atoms with E-state index in [1.54, 1.807) is 14.2 Å². The molecule has 1 aliphatic rings. The molecule has 2 aromatic carbocycles. The Kier molecular flexibility index (Phi) is 5.09. The van der Waals surface area contributed by atoms with Gasteiger partial charge in [-0.25, -0.2) is 0 Å². The Morgan fingerprint density at radius 2 is 2.00 bits per heavy atom. The van der Waals surface area contributed by atoms with Gasteiger partial charge in [-0.15, -0.1) is 0 Å². The number of carbonyl (C=O) groups excluding carboxylic acids is 1. The third-order valence-corrected chi connectivity index (χ3v) is 4.87. The van der Waals surface area contributed by atoms with Crippen LogP contribution in [0.2, 0.25) is 0 Å². The highest BCUT2D eigenvalue weighted by atomic mass is 79.9. The predicted octanol–water partition coefficient (Wildman–Crippen LogP) is 4.44. The molecular formula is C19H20BrNO3. The number of likely N-dealkylation sites (tertiary alicyclic amines) is 1. The number of hydrogen-bond acceptors (Lipinski definition) is 3. The first kappa shape index (κ1) is 16.8. The van der Waals surface area contributed by atoms with E-state index in [2.05, 4.69) is 15.9 Å². The maximum Gasteiger partial charge on any atom is 0.254 e. The molecule has 0 spiro atoms. The number of ether oxygens (including phenoxy) is 2. The van der Waals surface area contributed by atoms with Gasteiger partial charge >= 0.3 is 0 Å². The fourth-order valence-electron chi connectivity index (χ4n) is 3.22. The molecule has 0 radical (unpaired) electrons. The number of hydrogen-bond donors (Lipinski definition) is 0. The normalized spacial score (nSPS) is 17.0. The van der Waals surface area contributed by atoms with Gasteiger partial charge in [0.1, 0.15) is 11.5 Å². The van der Waals surface area contributed by atoms with Gasteiger partial charge in [0.05, 0.1) is 20.3 Å². The first-order valence-corrected chi connectivity index (χ1v) is 8.72. The zero-order valence-electron chi connectivity index (χ0n) is 13.8. The molecule has 1 saturated heterocycles. The molecule has 5 heteroatoms. The Balaban J connectivity index is 1.95. The molecule has 126 valence electrons. The van der Waals surface area contributed by atoms with E-state index >= 15 is 0 Å². The van der Waals surface area contributed by atoms with Crippen LogP contribution in [-0.4, -0.2) is 31.6 Å². The lowest BCUT2D eigenvalue weighted by Crippen LogP contribution is -2.30. The van der Waals surface area contributed by atoms with Gasteiger partial charge in [-0.05, 0) is 49.2 Å². The third-order valence-electron chi connectivity index (χ3n) is 4.38. The summed E-state index contributed by atoms with van der Waals surface area (Å²) in [7, 11) is 3.30. The number of benzene rings is 2. The van der Waals surface area contributed by atoms with Crippen LogP contribution in [0.4, 0.5) is 0 Å². The molecule has 1 amide bonds. The SMILES string of the molecule is COc1ccc(OC)c([C@H]2CCCN2C(=O)c2cccc(Br)c2)c1. The minimum Gasteiger partial charge on any atom is -0.497 e. The van der Waals surface area contributed by atoms with Gasteiger partial charge in [0.2, 0.25) is 0 Å². The Hall–Kier alpha value is -2.01. The standard InChI is InChI=1S/C19H20BrNO3/c1-23-15-8-9-18(24-2)16(12-15)17-7-4-10-21(17)19(22)13-5-3-6-14(20)11-13/h3,5-6,8-9,11-12,17H,4,7,10H2,1-2H3/t17-/m1/s1. The number of carbonyl (C=O) groups is 1. The van der Waals surface area contributed by atoms with Crippen LogP contribution in [0.3, 0.4) is 0 Å². The van der Waals surface area contributed by atoms with Gasteiger partial charge in [-0.1, -0.05) is 22.0 Å². The third kappa shape index (κ3) is 3.26. The molecular weight excluding hydrogens is 370 g/mol. The maximum atomic E-state index is 13.0. The Morgan fingerprint density at radius 1 is 1.17 bits per heavy atom. The van der Waals surface area contributed by atoms with Gasteiger partial charge in [-0.3, -0.25) is 4.79 Å². The average molecular weight is 390 g/mol. The molecule has 24 heavy (non-hydrogen) atoms. The van der Waals surface area contributed by atoms with Crippen molar-refractivity contribution in [3.8, 4) is 11.5 Å². The molecule has 1 fully saturated rings. The van der Waals surface area contributed by atoms with Crippen molar-refractivity contribution in [3.63, 3.8) is 0 Å². The first-order chi connectivity index (χ1) is 11.6. The van der Waals surface area contributed by atoms with Crippen LogP contribution in [0.1, 0.15) is 34.8 Å². The predicted molar refractivity (Wildman–Crippen MR) is 96.7 cm³/mol. The highest BCUT2D eigenvalue weighted by Gasteiger charge is 2.32. The molecule has 0 saturated carbocycles. The quantitative estimate of drug-likeness (QED) is 0.775. The van der Waals surface area contributed by atoms with E-state index in [4.69, 9.17) is 9.47 Å². The summed E-state index contributed by atoms with van der Waals surface area (Å²) in [6.07, 6.45) is 1.90. The summed E-state index contributed by atoms with van der Waals surface area (Å²) < 4.78 is 11.8. The molecule has 1 heterocycles. The molecule has 0 bridgehead atoms.